The van der Waals surface area contributed by atoms with E-state index >= 15 is 0 Å². The number of nitro groups is 1. The first-order valence-electron chi connectivity index (χ1n) is 8.07. The van der Waals surface area contributed by atoms with Gasteiger partial charge in [-0.25, -0.2) is 0 Å². The first-order chi connectivity index (χ1) is 12.3. The molecule has 26 heavy (non-hydrogen) atoms. The van der Waals surface area contributed by atoms with Crippen LogP contribution in [0.15, 0.2) is 42.5 Å². The van der Waals surface area contributed by atoms with Gasteiger partial charge in [-0.15, -0.1) is 0 Å². The van der Waals surface area contributed by atoms with Crippen LogP contribution in [0.1, 0.15) is 40.1 Å². The number of aryl methyl sites for hydroxylation is 2. The highest BCUT2D eigenvalue weighted by molar-refractivity contribution is 5.96. The molecule has 0 aromatic heterocycles. The van der Waals surface area contributed by atoms with Crippen molar-refractivity contribution in [2.75, 3.05) is 6.54 Å². The highest BCUT2D eigenvalue weighted by Gasteiger charge is 2.16. The van der Waals surface area contributed by atoms with Crippen LogP contribution in [0.5, 0.6) is 0 Å². The lowest BCUT2D eigenvalue weighted by molar-refractivity contribution is -0.385. The first kappa shape index (κ1) is 19.1. The van der Waals surface area contributed by atoms with Crippen molar-refractivity contribution in [2.45, 2.75) is 26.9 Å². The number of hydrogen-bond donors (Lipinski definition) is 1. The number of carbonyl (C=O) groups is 2. The van der Waals surface area contributed by atoms with Gasteiger partial charge < -0.3 is 10.1 Å². The summed E-state index contributed by atoms with van der Waals surface area (Å²) in [6, 6.07) is 11.2. The zero-order valence-electron chi connectivity index (χ0n) is 14.8. The highest BCUT2D eigenvalue weighted by atomic mass is 16.6. The summed E-state index contributed by atoms with van der Waals surface area (Å²) in [6.07, 6.45) is -0.666. The molecule has 0 unspecified atom stereocenters. The zero-order valence-corrected chi connectivity index (χ0v) is 14.8. The fourth-order valence-electron chi connectivity index (χ4n) is 2.34. The second-order valence-corrected chi connectivity index (χ2v) is 5.97. The van der Waals surface area contributed by atoms with E-state index in [1.807, 2.05) is 19.9 Å². The Balaban J connectivity index is 1.91. The summed E-state index contributed by atoms with van der Waals surface area (Å²) in [6.45, 7) is 5.18. The third kappa shape index (κ3) is 4.89. The minimum Gasteiger partial charge on any atom is -0.456 e. The second-order valence-electron chi connectivity index (χ2n) is 5.97. The molecule has 7 nitrogen and oxygen atoms in total. The average molecular weight is 356 g/mol. The van der Waals surface area contributed by atoms with Crippen LogP contribution in [0.2, 0.25) is 0 Å². The molecule has 7 heteroatoms. The number of nitrogens with zero attached hydrogens (tertiary/aromatic N) is 1. The Morgan fingerprint density at radius 3 is 2.54 bits per heavy atom. The smallest absolute Gasteiger partial charge is 0.326 e. The van der Waals surface area contributed by atoms with E-state index < -0.39 is 17.0 Å². The van der Waals surface area contributed by atoms with E-state index in [2.05, 4.69) is 5.32 Å². The van der Waals surface area contributed by atoms with Crippen molar-refractivity contribution in [1.29, 1.82) is 0 Å². The summed E-state index contributed by atoms with van der Waals surface area (Å²) in [7, 11) is 0. The zero-order chi connectivity index (χ0) is 19.3. The molecule has 0 spiro atoms. The van der Waals surface area contributed by atoms with Crippen molar-refractivity contribution in [1.82, 2.24) is 5.32 Å². The maximum atomic E-state index is 12.1. The van der Waals surface area contributed by atoms with Crippen LogP contribution in [0.4, 0.5) is 5.69 Å². The molecular formula is C19H20N2O5. The number of nitrogens with one attached hydrogen (secondary N) is 1. The molecule has 2 aromatic rings. The van der Waals surface area contributed by atoms with Gasteiger partial charge in [0.2, 0.25) is 0 Å². The molecule has 0 aliphatic rings. The Morgan fingerprint density at radius 2 is 1.88 bits per heavy atom. The molecule has 136 valence electrons. The SMILES string of the molecule is Cc1ccc(C(=O)NCC(=O)O[C@H](C)c2cccc([N+](=O)[O-])c2)cc1C. The number of nitro benzene ring substituents is 1. The van der Waals surface area contributed by atoms with Gasteiger partial charge in [-0.05, 0) is 49.6 Å². The molecule has 0 saturated carbocycles. The summed E-state index contributed by atoms with van der Waals surface area (Å²) in [5.41, 5.74) is 2.96. The van der Waals surface area contributed by atoms with Crippen LogP contribution >= 0.6 is 0 Å². The van der Waals surface area contributed by atoms with Crippen LogP contribution in [0.25, 0.3) is 0 Å². The Bertz CT molecular complexity index is 848. The fraction of sp³-hybridized carbons (Fsp3) is 0.263. The minimum absolute atomic E-state index is 0.0755. The van der Waals surface area contributed by atoms with E-state index in [1.54, 1.807) is 25.1 Å². The lowest BCUT2D eigenvalue weighted by atomic mass is 10.1. The number of carbonyl (C=O) groups excluding carboxylic acids is 2. The van der Waals surface area contributed by atoms with Crippen molar-refractivity contribution in [3.8, 4) is 0 Å². The molecule has 0 bridgehead atoms. The number of non-ortho nitro benzene ring substituents is 1. The number of benzene rings is 2. The van der Waals surface area contributed by atoms with Gasteiger partial charge in [0.1, 0.15) is 12.6 Å². The third-order valence-corrected chi connectivity index (χ3v) is 4.02. The van der Waals surface area contributed by atoms with Gasteiger partial charge in [0.15, 0.2) is 0 Å². The van der Waals surface area contributed by atoms with Gasteiger partial charge in [-0.2, -0.15) is 0 Å². The van der Waals surface area contributed by atoms with Crippen LogP contribution in [-0.2, 0) is 9.53 Å². The molecule has 1 amide bonds. The Kier molecular flexibility index (Phi) is 6.06. The normalized spacial score (nSPS) is 11.5. The molecule has 1 N–H and O–H groups in total. The van der Waals surface area contributed by atoms with Crippen molar-refractivity contribution in [3.05, 3.63) is 74.8 Å². The van der Waals surface area contributed by atoms with Crippen molar-refractivity contribution in [3.63, 3.8) is 0 Å². The molecule has 0 saturated heterocycles. The number of amides is 1. The third-order valence-electron chi connectivity index (χ3n) is 4.02. The van der Waals surface area contributed by atoms with Gasteiger partial charge in [-0.1, -0.05) is 18.2 Å². The van der Waals surface area contributed by atoms with Gasteiger partial charge in [-0.3, -0.25) is 19.7 Å². The molecule has 0 aliphatic carbocycles. The molecule has 0 radical (unpaired) electrons. The van der Waals surface area contributed by atoms with E-state index in [-0.39, 0.29) is 18.1 Å². The van der Waals surface area contributed by atoms with Crippen LogP contribution < -0.4 is 5.32 Å². The molecule has 2 rings (SSSR count). The maximum absolute atomic E-state index is 12.1. The monoisotopic (exact) mass is 356 g/mol. The molecule has 1 atom stereocenters. The number of hydrogen-bond acceptors (Lipinski definition) is 5. The molecule has 0 heterocycles. The van der Waals surface area contributed by atoms with E-state index in [0.29, 0.717) is 11.1 Å². The lowest BCUT2D eigenvalue weighted by Gasteiger charge is -2.14. The van der Waals surface area contributed by atoms with Crippen molar-refractivity contribution in [2.24, 2.45) is 0 Å². The summed E-state index contributed by atoms with van der Waals surface area (Å²) >= 11 is 0. The van der Waals surface area contributed by atoms with E-state index in [9.17, 15) is 19.7 Å². The van der Waals surface area contributed by atoms with Gasteiger partial charge in [0.05, 0.1) is 4.92 Å². The van der Waals surface area contributed by atoms with Crippen molar-refractivity contribution >= 4 is 17.6 Å². The van der Waals surface area contributed by atoms with Gasteiger partial charge >= 0.3 is 5.97 Å². The average Bonchev–Trinajstić information content (AvgIpc) is 2.62. The van der Waals surface area contributed by atoms with E-state index in [4.69, 9.17) is 4.74 Å². The van der Waals surface area contributed by atoms with Crippen molar-refractivity contribution < 1.29 is 19.2 Å². The standard InChI is InChI=1S/C19H20N2O5/c1-12-7-8-16(9-13(12)2)19(23)20-11-18(22)26-14(3)15-5-4-6-17(10-15)21(24)25/h4-10,14H,11H2,1-3H3,(H,20,23)/t14-/m1/s1. The summed E-state index contributed by atoms with van der Waals surface area (Å²) < 4.78 is 5.22. The topological polar surface area (TPSA) is 98.5 Å². The molecular weight excluding hydrogens is 336 g/mol. The van der Waals surface area contributed by atoms with Crippen LogP contribution in [0, 0.1) is 24.0 Å². The Labute approximate surface area is 151 Å². The maximum Gasteiger partial charge on any atom is 0.326 e. The molecule has 0 fully saturated rings. The number of esters is 1. The predicted molar refractivity (Wildman–Crippen MR) is 95.9 cm³/mol. The van der Waals surface area contributed by atoms with Gasteiger partial charge in [0.25, 0.3) is 11.6 Å². The largest absolute Gasteiger partial charge is 0.456 e. The van der Waals surface area contributed by atoms with E-state index in [0.717, 1.165) is 11.1 Å². The summed E-state index contributed by atoms with van der Waals surface area (Å²) in [4.78, 5) is 34.3. The number of rotatable bonds is 6. The Morgan fingerprint density at radius 1 is 1.15 bits per heavy atom. The quantitative estimate of drug-likeness (QED) is 0.487. The second kappa shape index (κ2) is 8.24. The lowest BCUT2D eigenvalue weighted by Crippen LogP contribution is -2.31. The summed E-state index contributed by atoms with van der Waals surface area (Å²) in [5.74, 6) is -0.991. The predicted octanol–water partition coefficient (Wildman–Crippen LogP) is 3.25. The molecule has 2 aromatic carbocycles. The first-order valence-corrected chi connectivity index (χ1v) is 8.07. The minimum atomic E-state index is -0.666. The van der Waals surface area contributed by atoms with E-state index in [1.165, 1.54) is 18.2 Å². The fourth-order valence-corrected chi connectivity index (χ4v) is 2.34. The Hall–Kier alpha value is -3.22. The molecule has 0 aliphatic heterocycles. The van der Waals surface area contributed by atoms with Crippen LogP contribution in [0.3, 0.4) is 0 Å². The highest BCUT2D eigenvalue weighted by Crippen LogP contribution is 2.21. The van der Waals surface area contributed by atoms with Crippen LogP contribution in [-0.4, -0.2) is 23.3 Å². The number of ether oxygens (including phenoxy) is 1. The van der Waals surface area contributed by atoms with Gasteiger partial charge in [0, 0.05) is 17.7 Å². The summed E-state index contributed by atoms with van der Waals surface area (Å²) in [5, 5.41) is 13.3.